The zero-order chi connectivity index (χ0) is 16.4. The van der Waals surface area contributed by atoms with Gasteiger partial charge in [-0.2, -0.15) is 0 Å². The monoisotopic (exact) mass is 309 g/mol. The van der Waals surface area contributed by atoms with Crippen LogP contribution in [0, 0.1) is 13.8 Å². The smallest absolute Gasteiger partial charge is 0.336 e. The normalized spacial score (nSPS) is 10.7. The molecule has 118 valence electrons. The van der Waals surface area contributed by atoms with Crippen LogP contribution in [-0.2, 0) is 6.54 Å². The van der Waals surface area contributed by atoms with Gasteiger partial charge in [-0.25, -0.2) is 4.79 Å². The van der Waals surface area contributed by atoms with Crippen LogP contribution in [-0.4, -0.2) is 7.11 Å². The summed E-state index contributed by atoms with van der Waals surface area (Å²) in [6, 6.07) is 13.3. The second kappa shape index (κ2) is 6.16. The Balaban J connectivity index is 1.94. The second-order valence-corrected chi connectivity index (χ2v) is 5.62. The van der Waals surface area contributed by atoms with Crippen LogP contribution < -0.4 is 15.7 Å². The molecule has 0 unspecified atom stereocenters. The van der Waals surface area contributed by atoms with Crippen LogP contribution in [0.25, 0.3) is 11.0 Å². The number of hydrogen-bond acceptors (Lipinski definition) is 4. The van der Waals surface area contributed by atoms with E-state index in [2.05, 4.69) is 37.4 Å². The molecule has 0 saturated carbocycles. The molecule has 1 heterocycles. The van der Waals surface area contributed by atoms with Gasteiger partial charge in [-0.3, -0.25) is 0 Å². The van der Waals surface area contributed by atoms with E-state index >= 15 is 0 Å². The number of fused-ring (bicyclic) bond motifs is 1. The van der Waals surface area contributed by atoms with E-state index in [9.17, 15) is 4.79 Å². The zero-order valence-electron chi connectivity index (χ0n) is 13.5. The van der Waals surface area contributed by atoms with Gasteiger partial charge in [0.25, 0.3) is 0 Å². The van der Waals surface area contributed by atoms with Crippen LogP contribution in [0.5, 0.6) is 5.75 Å². The molecule has 2 aromatic carbocycles. The fourth-order valence-corrected chi connectivity index (χ4v) is 2.69. The van der Waals surface area contributed by atoms with Gasteiger partial charge in [0.2, 0.25) is 0 Å². The van der Waals surface area contributed by atoms with Crippen LogP contribution in [0.4, 0.5) is 5.69 Å². The molecule has 0 saturated heterocycles. The van der Waals surface area contributed by atoms with Crippen molar-refractivity contribution in [2.45, 2.75) is 20.4 Å². The molecule has 4 nitrogen and oxygen atoms in total. The molecule has 4 heteroatoms. The minimum Gasteiger partial charge on any atom is -0.497 e. The van der Waals surface area contributed by atoms with E-state index in [1.165, 1.54) is 17.2 Å². The fraction of sp³-hybridized carbons (Fsp3) is 0.211. The van der Waals surface area contributed by atoms with Crippen molar-refractivity contribution in [3.8, 4) is 5.75 Å². The number of anilines is 1. The predicted octanol–water partition coefficient (Wildman–Crippen LogP) is 4.03. The molecule has 0 aliphatic heterocycles. The average Bonchev–Trinajstić information content (AvgIpc) is 2.53. The molecule has 0 atom stereocenters. The lowest BCUT2D eigenvalue weighted by Gasteiger charge is -2.12. The maximum Gasteiger partial charge on any atom is 0.336 e. The highest BCUT2D eigenvalue weighted by Gasteiger charge is 2.07. The summed E-state index contributed by atoms with van der Waals surface area (Å²) in [5.41, 5.74) is 4.55. The maximum atomic E-state index is 11.8. The van der Waals surface area contributed by atoms with Gasteiger partial charge in [-0.05, 0) is 43.2 Å². The summed E-state index contributed by atoms with van der Waals surface area (Å²) in [5.74, 6) is 0.667. The topological polar surface area (TPSA) is 51.5 Å². The molecule has 0 spiro atoms. The Morgan fingerprint density at radius 3 is 2.65 bits per heavy atom. The summed E-state index contributed by atoms with van der Waals surface area (Å²) in [7, 11) is 1.59. The van der Waals surface area contributed by atoms with E-state index in [-0.39, 0.29) is 5.63 Å². The van der Waals surface area contributed by atoms with Crippen LogP contribution in [0.2, 0.25) is 0 Å². The van der Waals surface area contributed by atoms with Crippen molar-refractivity contribution in [2.75, 3.05) is 12.4 Å². The summed E-state index contributed by atoms with van der Waals surface area (Å²) in [6.45, 7) is 4.69. The van der Waals surface area contributed by atoms with Crippen LogP contribution in [0.3, 0.4) is 0 Å². The van der Waals surface area contributed by atoms with Gasteiger partial charge >= 0.3 is 5.63 Å². The number of aryl methyl sites for hydroxylation is 2. The summed E-state index contributed by atoms with van der Waals surface area (Å²) in [6.07, 6.45) is 0. The number of nitrogens with one attached hydrogen (secondary N) is 1. The van der Waals surface area contributed by atoms with Gasteiger partial charge in [0.15, 0.2) is 0 Å². The molecule has 0 bridgehead atoms. The van der Waals surface area contributed by atoms with Crippen LogP contribution in [0.1, 0.15) is 16.7 Å². The van der Waals surface area contributed by atoms with Crippen molar-refractivity contribution in [3.63, 3.8) is 0 Å². The average molecular weight is 309 g/mol. The summed E-state index contributed by atoms with van der Waals surface area (Å²) < 4.78 is 10.5. The first-order valence-corrected chi connectivity index (χ1v) is 7.49. The molecular formula is C19H19NO3. The zero-order valence-corrected chi connectivity index (χ0v) is 13.5. The lowest BCUT2D eigenvalue weighted by molar-refractivity contribution is 0.414. The fourth-order valence-electron chi connectivity index (χ4n) is 2.69. The largest absolute Gasteiger partial charge is 0.497 e. The molecule has 3 rings (SSSR count). The lowest BCUT2D eigenvalue weighted by atomic mass is 10.1. The van der Waals surface area contributed by atoms with Crippen molar-refractivity contribution in [2.24, 2.45) is 0 Å². The van der Waals surface area contributed by atoms with Crippen molar-refractivity contribution in [3.05, 3.63) is 69.6 Å². The van der Waals surface area contributed by atoms with E-state index in [1.807, 2.05) is 12.1 Å². The summed E-state index contributed by atoms with van der Waals surface area (Å²) in [5, 5.41) is 4.30. The van der Waals surface area contributed by atoms with Crippen LogP contribution >= 0.6 is 0 Å². The quantitative estimate of drug-likeness (QED) is 0.739. The Labute approximate surface area is 134 Å². The third-order valence-electron chi connectivity index (χ3n) is 3.89. The lowest BCUT2D eigenvalue weighted by Crippen LogP contribution is -2.06. The van der Waals surface area contributed by atoms with Gasteiger partial charge in [0, 0.05) is 29.8 Å². The Morgan fingerprint density at radius 1 is 1.09 bits per heavy atom. The SMILES string of the molecule is COc1ccc2c(CNc3ccc(C)cc3C)cc(=O)oc2c1. The highest BCUT2D eigenvalue weighted by Crippen LogP contribution is 2.24. The van der Waals surface area contributed by atoms with E-state index in [0.717, 1.165) is 16.6 Å². The third kappa shape index (κ3) is 3.21. The molecule has 3 aromatic rings. The molecule has 1 aromatic heterocycles. The molecule has 0 amide bonds. The highest BCUT2D eigenvalue weighted by molar-refractivity contribution is 5.81. The number of benzene rings is 2. The van der Waals surface area contributed by atoms with Gasteiger partial charge in [-0.15, -0.1) is 0 Å². The van der Waals surface area contributed by atoms with E-state index in [4.69, 9.17) is 9.15 Å². The van der Waals surface area contributed by atoms with Gasteiger partial charge in [-0.1, -0.05) is 17.7 Å². The van der Waals surface area contributed by atoms with Crippen LogP contribution in [0.15, 0.2) is 51.7 Å². The standard InChI is InChI=1S/C19H19NO3/c1-12-4-7-17(13(2)8-12)20-11-14-9-19(21)23-18-10-15(22-3)5-6-16(14)18/h4-10,20H,11H2,1-3H3. The van der Waals surface area contributed by atoms with Crippen molar-refractivity contribution in [1.82, 2.24) is 0 Å². The van der Waals surface area contributed by atoms with E-state index < -0.39 is 0 Å². The van der Waals surface area contributed by atoms with Gasteiger partial charge in [0.05, 0.1) is 7.11 Å². The molecule has 0 fully saturated rings. The molecule has 0 aliphatic rings. The van der Waals surface area contributed by atoms with Crippen molar-refractivity contribution in [1.29, 1.82) is 0 Å². The molecule has 1 N–H and O–H groups in total. The van der Waals surface area contributed by atoms with E-state index in [0.29, 0.717) is 17.9 Å². The first-order valence-electron chi connectivity index (χ1n) is 7.49. The van der Waals surface area contributed by atoms with Gasteiger partial charge < -0.3 is 14.5 Å². The molecular weight excluding hydrogens is 290 g/mol. The molecule has 23 heavy (non-hydrogen) atoms. The molecule has 0 aliphatic carbocycles. The number of methoxy groups -OCH3 is 1. The predicted molar refractivity (Wildman–Crippen MR) is 92.3 cm³/mol. The van der Waals surface area contributed by atoms with E-state index in [1.54, 1.807) is 13.2 Å². The Kier molecular flexibility index (Phi) is 4.06. The number of rotatable bonds is 4. The minimum atomic E-state index is -0.358. The first-order chi connectivity index (χ1) is 11.1. The molecule has 0 radical (unpaired) electrons. The van der Waals surface area contributed by atoms with Crippen molar-refractivity contribution < 1.29 is 9.15 Å². The minimum absolute atomic E-state index is 0.358. The maximum absolute atomic E-state index is 11.8. The number of hydrogen-bond donors (Lipinski definition) is 1. The Morgan fingerprint density at radius 2 is 1.91 bits per heavy atom. The van der Waals surface area contributed by atoms with Crippen molar-refractivity contribution >= 4 is 16.7 Å². The summed E-state index contributed by atoms with van der Waals surface area (Å²) in [4.78, 5) is 11.8. The Bertz CT molecular complexity index is 912. The number of ether oxygens (including phenoxy) is 1. The highest BCUT2D eigenvalue weighted by atomic mass is 16.5. The Hall–Kier alpha value is -2.75. The second-order valence-electron chi connectivity index (χ2n) is 5.62. The third-order valence-corrected chi connectivity index (χ3v) is 3.89. The summed E-state index contributed by atoms with van der Waals surface area (Å²) >= 11 is 0. The van der Waals surface area contributed by atoms with Gasteiger partial charge in [0.1, 0.15) is 11.3 Å². The first kappa shape index (κ1) is 15.2.